The van der Waals surface area contributed by atoms with Gasteiger partial charge in [0.15, 0.2) is 0 Å². The van der Waals surface area contributed by atoms with Gasteiger partial charge in [-0.3, -0.25) is 4.99 Å². The van der Waals surface area contributed by atoms with Crippen molar-refractivity contribution in [2.75, 3.05) is 0 Å². The number of hydrogen-bond donors (Lipinski definition) is 2. The Morgan fingerprint density at radius 3 is 2.45 bits per heavy atom. The lowest BCUT2D eigenvalue weighted by Gasteiger charge is -2.05. The molecular weight excluding hydrogens is 138 g/mol. The fourth-order valence-corrected chi connectivity index (χ4v) is 1.22. The molecule has 1 saturated carbocycles. The Labute approximate surface area is 68.0 Å². The molecule has 0 bridgehead atoms. The zero-order chi connectivity index (χ0) is 8.43. The van der Waals surface area contributed by atoms with E-state index in [1.54, 1.807) is 0 Å². The van der Waals surface area contributed by atoms with Crippen LogP contribution in [0.3, 0.4) is 0 Å². The maximum Gasteiger partial charge on any atom is 0.114 e. The molecule has 3 heteroatoms. The van der Waals surface area contributed by atoms with Crippen LogP contribution in [-0.4, -0.2) is 11.9 Å². The molecule has 0 aromatic heterocycles. The Morgan fingerprint density at radius 1 is 1.64 bits per heavy atom. The van der Waals surface area contributed by atoms with E-state index in [1.807, 2.05) is 0 Å². The van der Waals surface area contributed by atoms with Crippen molar-refractivity contribution >= 4 is 5.84 Å². The van der Waals surface area contributed by atoms with Crippen LogP contribution < -0.4 is 11.3 Å². The molecule has 11 heavy (non-hydrogen) atoms. The predicted octanol–water partition coefficient (Wildman–Crippen LogP) is 0.913. The van der Waals surface area contributed by atoms with Crippen LogP contribution in [0.2, 0.25) is 0 Å². The second-order valence-corrected chi connectivity index (χ2v) is 3.57. The molecular formula is C8H17N3. The Morgan fingerprint density at radius 2 is 2.18 bits per heavy atom. The van der Waals surface area contributed by atoms with E-state index in [4.69, 9.17) is 5.84 Å². The molecule has 0 aliphatic heterocycles. The maximum absolute atomic E-state index is 5.34. The van der Waals surface area contributed by atoms with Crippen LogP contribution in [0, 0.1) is 11.8 Å². The summed E-state index contributed by atoms with van der Waals surface area (Å²) in [7, 11) is 0. The summed E-state index contributed by atoms with van der Waals surface area (Å²) in [5.41, 5.74) is 2.68. The van der Waals surface area contributed by atoms with Gasteiger partial charge < -0.3 is 5.43 Å². The number of amidine groups is 1. The monoisotopic (exact) mass is 155 g/mol. The smallest absolute Gasteiger partial charge is 0.114 e. The summed E-state index contributed by atoms with van der Waals surface area (Å²) in [6.45, 7) is 6.34. The second kappa shape index (κ2) is 3.22. The summed E-state index contributed by atoms with van der Waals surface area (Å²) in [4.78, 5) is 4.39. The largest absolute Gasteiger partial charge is 0.312 e. The molecule has 2 atom stereocenters. The minimum Gasteiger partial charge on any atom is -0.312 e. The van der Waals surface area contributed by atoms with Crippen LogP contribution in [0.15, 0.2) is 4.99 Å². The van der Waals surface area contributed by atoms with Crippen LogP contribution in [0.1, 0.15) is 27.2 Å². The van der Waals surface area contributed by atoms with Gasteiger partial charge in [-0.25, -0.2) is 5.84 Å². The molecule has 2 unspecified atom stereocenters. The van der Waals surface area contributed by atoms with Gasteiger partial charge in [0.05, 0.1) is 0 Å². The predicted molar refractivity (Wildman–Crippen MR) is 47.2 cm³/mol. The molecule has 3 N–H and O–H groups in total. The fourth-order valence-electron chi connectivity index (χ4n) is 1.22. The van der Waals surface area contributed by atoms with Crippen molar-refractivity contribution in [2.24, 2.45) is 22.7 Å². The van der Waals surface area contributed by atoms with E-state index in [0.717, 1.165) is 11.8 Å². The fraction of sp³-hybridized carbons (Fsp3) is 0.875. The van der Waals surface area contributed by atoms with E-state index in [0.29, 0.717) is 12.0 Å². The highest BCUT2D eigenvalue weighted by atomic mass is 15.3. The van der Waals surface area contributed by atoms with Gasteiger partial charge in [0.2, 0.25) is 0 Å². The van der Waals surface area contributed by atoms with Crippen molar-refractivity contribution in [3.05, 3.63) is 0 Å². The zero-order valence-corrected chi connectivity index (χ0v) is 7.46. The van der Waals surface area contributed by atoms with Crippen molar-refractivity contribution in [1.82, 2.24) is 5.43 Å². The third kappa shape index (κ3) is 2.19. The molecule has 0 amide bonds. The Kier molecular flexibility index (Phi) is 2.49. The summed E-state index contributed by atoms with van der Waals surface area (Å²) >= 11 is 0. The average Bonchev–Trinajstić information content (AvgIpc) is 2.61. The van der Waals surface area contributed by atoms with E-state index in [2.05, 4.69) is 31.2 Å². The Hall–Kier alpha value is -0.570. The van der Waals surface area contributed by atoms with E-state index in [1.165, 1.54) is 6.42 Å². The molecule has 0 aromatic rings. The van der Waals surface area contributed by atoms with Gasteiger partial charge in [-0.05, 0) is 26.2 Å². The standard InChI is InChI=1S/C8H17N3/c1-5(2)10-8(11-9)7-4-6(7)3/h5-7H,4,9H2,1-3H3,(H,10,11). The first-order valence-corrected chi connectivity index (χ1v) is 4.19. The molecule has 1 aliphatic carbocycles. The molecule has 1 aliphatic rings. The molecule has 3 nitrogen and oxygen atoms in total. The first-order chi connectivity index (χ1) is 5.15. The van der Waals surface area contributed by atoms with Crippen LogP contribution in [0.5, 0.6) is 0 Å². The van der Waals surface area contributed by atoms with E-state index in [9.17, 15) is 0 Å². The van der Waals surface area contributed by atoms with Crippen LogP contribution in [-0.2, 0) is 0 Å². The molecule has 1 fully saturated rings. The number of nitrogens with one attached hydrogen (secondary N) is 1. The molecule has 0 heterocycles. The number of hydrazine groups is 1. The lowest BCUT2D eigenvalue weighted by molar-refractivity contribution is 0.787. The summed E-state index contributed by atoms with van der Waals surface area (Å²) in [6, 6.07) is 0.342. The summed E-state index contributed by atoms with van der Waals surface area (Å²) in [5.74, 6) is 7.69. The number of nitrogens with zero attached hydrogens (tertiary/aromatic N) is 1. The third-order valence-electron chi connectivity index (χ3n) is 2.01. The van der Waals surface area contributed by atoms with E-state index in [-0.39, 0.29) is 0 Å². The third-order valence-corrected chi connectivity index (χ3v) is 2.01. The quantitative estimate of drug-likeness (QED) is 0.269. The van der Waals surface area contributed by atoms with Gasteiger partial charge in [0, 0.05) is 12.0 Å². The van der Waals surface area contributed by atoms with Crippen LogP contribution >= 0.6 is 0 Å². The van der Waals surface area contributed by atoms with Crippen LogP contribution in [0.25, 0.3) is 0 Å². The summed E-state index contributed by atoms with van der Waals surface area (Å²) < 4.78 is 0. The molecule has 0 spiro atoms. The van der Waals surface area contributed by atoms with Crippen molar-refractivity contribution in [3.8, 4) is 0 Å². The van der Waals surface area contributed by atoms with Gasteiger partial charge in [-0.2, -0.15) is 0 Å². The number of nitrogens with two attached hydrogens (primary N) is 1. The van der Waals surface area contributed by atoms with Gasteiger partial charge in [0.1, 0.15) is 5.84 Å². The molecule has 1 rings (SSSR count). The van der Waals surface area contributed by atoms with E-state index < -0.39 is 0 Å². The maximum atomic E-state index is 5.34. The number of aliphatic imine (C=N–C) groups is 1. The van der Waals surface area contributed by atoms with Gasteiger partial charge in [0.25, 0.3) is 0 Å². The highest BCUT2D eigenvalue weighted by Crippen LogP contribution is 2.38. The van der Waals surface area contributed by atoms with Gasteiger partial charge in [-0.15, -0.1) is 0 Å². The SMILES string of the molecule is CC(C)N=C(NN)C1CC1C. The average molecular weight is 155 g/mol. The summed E-state index contributed by atoms with van der Waals surface area (Å²) in [5, 5.41) is 0. The van der Waals surface area contributed by atoms with Crippen LogP contribution in [0.4, 0.5) is 0 Å². The van der Waals surface area contributed by atoms with Crippen molar-refractivity contribution in [2.45, 2.75) is 33.2 Å². The molecule has 64 valence electrons. The number of hydrogen-bond acceptors (Lipinski definition) is 2. The zero-order valence-electron chi connectivity index (χ0n) is 7.46. The minimum absolute atomic E-state index is 0.342. The molecule has 0 radical (unpaired) electrons. The first kappa shape index (κ1) is 8.53. The normalized spacial score (nSPS) is 30.8. The highest BCUT2D eigenvalue weighted by Gasteiger charge is 2.36. The first-order valence-electron chi connectivity index (χ1n) is 4.19. The lowest BCUT2D eigenvalue weighted by atomic mass is 10.3. The van der Waals surface area contributed by atoms with Crippen molar-refractivity contribution in [1.29, 1.82) is 0 Å². The second-order valence-electron chi connectivity index (χ2n) is 3.57. The topological polar surface area (TPSA) is 50.4 Å². The minimum atomic E-state index is 0.342. The number of rotatable bonds is 2. The van der Waals surface area contributed by atoms with Crippen molar-refractivity contribution in [3.63, 3.8) is 0 Å². The summed E-state index contributed by atoms with van der Waals surface area (Å²) in [6.07, 6.45) is 1.23. The Balaban J connectivity index is 2.49. The van der Waals surface area contributed by atoms with Crippen molar-refractivity contribution < 1.29 is 0 Å². The lowest BCUT2D eigenvalue weighted by Crippen LogP contribution is -2.33. The molecule has 0 saturated heterocycles. The Bertz CT molecular complexity index is 163. The van der Waals surface area contributed by atoms with E-state index >= 15 is 0 Å². The van der Waals surface area contributed by atoms with Gasteiger partial charge >= 0.3 is 0 Å². The van der Waals surface area contributed by atoms with Gasteiger partial charge in [-0.1, -0.05) is 6.92 Å². The highest BCUT2D eigenvalue weighted by molar-refractivity contribution is 5.86. The molecule has 0 aromatic carbocycles.